The number of epoxide rings is 2. The van der Waals surface area contributed by atoms with Crippen LogP contribution in [0.5, 0.6) is 11.5 Å². The highest BCUT2D eigenvalue weighted by molar-refractivity contribution is 6.04. The first-order chi connectivity index (χ1) is 16.8. The number of rotatable bonds is 9. The maximum Gasteiger partial charge on any atom is 0.128 e. The molecule has 2 fully saturated rings. The molecule has 2 aliphatic rings. The van der Waals surface area contributed by atoms with E-state index < -0.39 is 0 Å². The lowest BCUT2D eigenvalue weighted by Crippen LogP contribution is -2.06. The van der Waals surface area contributed by atoms with Crippen LogP contribution in [0.15, 0.2) is 83.0 Å². The van der Waals surface area contributed by atoms with Gasteiger partial charge in [0.1, 0.15) is 36.9 Å². The van der Waals surface area contributed by atoms with Crippen LogP contribution in [0.4, 0.5) is 0 Å². The van der Waals surface area contributed by atoms with E-state index in [4.69, 9.17) is 18.9 Å². The van der Waals surface area contributed by atoms with Gasteiger partial charge in [-0.15, -0.1) is 0 Å². The van der Waals surface area contributed by atoms with Crippen LogP contribution in [-0.2, 0) is 9.47 Å². The van der Waals surface area contributed by atoms with Crippen molar-refractivity contribution in [2.45, 2.75) is 12.2 Å². The standard InChI is InChI=1S/C28H24N2O4/c1-3-7-23-19(5-1)9-11-27(33-17-21-15-31-21)25(23)13-29-30-14-26-24-8-4-2-6-20(24)10-12-28(26)34-18-22-16-32-22/h1-14,21-22H,15-18H2. The zero-order chi connectivity index (χ0) is 22.7. The van der Waals surface area contributed by atoms with E-state index in [9.17, 15) is 0 Å². The molecule has 2 atom stereocenters. The maximum absolute atomic E-state index is 6.02. The fraction of sp³-hybridized carbons (Fsp3) is 0.214. The van der Waals surface area contributed by atoms with E-state index >= 15 is 0 Å². The molecule has 0 N–H and O–H groups in total. The Kier molecular flexibility index (Phi) is 5.67. The highest BCUT2D eigenvalue weighted by Gasteiger charge is 2.24. The number of hydrogen-bond donors (Lipinski definition) is 0. The molecule has 4 aromatic rings. The molecule has 0 bridgehead atoms. The highest BCUT2D eigenvalue weighted by atomic mass is 16.6. The third-order valence-corrected chi connectivity index (χ3v) is 5.96. The van der Waals surface area contributed by atoms with Gasteiger partial charge < -0.3 is 18.9 Å². The quantitative estimate of drug-likeness (QED) is 0.204. The zero-order valence-corrected chi connectivity index (χ0v) is 18.6. The second kappa shape index (κ2) is 9.25. The lowest BCUT2D eigenvalue weighted by molar-refractivity contribution is 0.263. The van der Waals surface area contributed by atoms with Crippen LogP contribution in [0.1, 0.15) is 11.1 Å². The van der Waals surface area contributed by atoms with Crippen LogP contribution in [0, 0.1) is 0 Å². The average Bonchev–Trinajstić information content (AvgIpc) is 3.80. The minimum absolute atomic E-state index is 0.181. The van der Waals surface area contributed by atoms with Crippen LogP contribution in [-0.4, -0.2) is 51.1 Å². The molecule has 0 aliphatic carbocycles. The molecule has 6 nitrogen and oxygen atoms in total. The number of ether oxygens (including phenoxy) is 4. The molecule has 0 saturated carbocycles. The monoisotopic (exact) mass is 452 g/mol. The van der Waals surface area contributed by atoms with Crippen molar-refractivity contribution in [3.8, 4) is 11.5 Å². The van der Waals surface area contributed by atoms with E-state index in [0.717, 1.165) is 57.4 Å². The first-order valence-corrected chi connectivity index (χ1v) is 11.4. The van der Waals surface area contributed by atoms with Crippen LogP contribution in [0.3, 0.4) is 0 Å². The number of fused-ring (bicyclic) bond motifs is 2. The smallest absolute Gasteiger partial charge is 0.128 e. The summed E-state index contributed by atoms with van der Waals surface area (Å²) < 4.78 is 22.6. The molecule has 34 heavy (non-hydrogen) atoms. The second-order valence-corrected chi connectivity index (χ2v) is 8.42. The Labute approximate surface area is 197 Å². The Morgan fingerprint density at radius 3 is 1.53 bits per heavy atom. The molecule has 0 radical (unpaired) electrons. The Bertz CT molecular complexity index is 1280. The van der Waals surface area contributed by atoms with E-state index in [-0.39, 0.29) is 12.2 Å². The Morgan fingerprint density at radius 2 is 1.09 bits per heavy atom. The second-order valence-electron chi connectivity index (χ2n) is 8.42. The topological polar surface area (TPSA) is 68.2 Å². The van der Waals surface area contributed by atoms with Crippen molar-refractivity contribution in [2.24, 2.45) is 10.2 Å². The van der Waals surface area contributed by atoms with Crippen molar-refractivity contribution in [1.82, 2.24) is 0 Å². The van der Waals surface area contributed by atoms with Gasteiger partial charge in [0.2, 0.25) is 0 Å². The van der Waals surface area contributed by atoms with Gasteiger partial charge in [-0.1, -0.05) is 60.7 Å². The van der Waals surface area contributed by atoms with Gasteiger partial charge in [-0.05, 0) is 33.7 Å². The van der Waals surface area contributed by atoms with Crippen molar-refractivity contribution in [3.05, 3.63) is 83.9 Å². The fourth-order valence-corrected chi connectivity index (χ4v) is 3.95. The molecule has 170 valence electrons. The molecule has 2 heterocycles. The van der Waals surface area contributed by atoms with Gasteiger partial charge in [0, 0.05) is 11.1 Å². The lowest BCUT2D eigenvalue weighted by Gasteiger charge is -2.11. The molecule has 2 aliphatic heterocycles. The molecule has 0 aromatic heterocycles. The molecule has 4 aromatic carbocycles. The van der Waals surface area contributed by atoms with E-state index in [0.29, 0.717) is 13.2 Å². The third-order valence-electron chi connectivity index (χ3n) is 5.96. The third kappa shape index (κ3) is 4.64. The van der Waals surface area contributed by atoms with Gasteiger partial charge in [0.25, 0.3) is 0 Å². The van der Waals surface area contributed by atoms with E-state index in [1.54, 1.807) is 12.4 Å². The summed E-state index contributed by atoms with van der Waals surface area (Å²) in [5.41, 5.74) is 1.80. The van der Waals surface area contributed by atoms with Crippen molar-refractivity contribution >= 4 is 34.0 Å². The van der Waals surface area contributed by atoms with Crippen LogP contribution in [0.25, 0.3) is 21.5 Å². The predicted octanol–water partition coefficient (Wildman–Crippen LogP) is 5.00. The normalized spacial score (nSPS) is 19.3. The first-order valence-electron chi connectivity index (χ1n) is 11.4. The number of benzene rings is 4. The summed E-state index contributed by atoms with van der Waals surface area (Å²) in [6.07, 6.45) is 3.87. The van der Waals surface area contributed by atoms with Gasteiger partial charge in [-0.2, -0.15) is 10.2 Å². The van der Waals surface area contributed by atoms with Gasteiger partial charge in [0.05, 0.1) is 25.6 Å². The van der Waals surface area contributed by atoms with E-state index in [2.05, 4.69) is 46.6 Å². The molecule has 2 saturated heterocycles. The molecule has 6 heteroatoms. The minimum atomic E-state index is 0.181. The van der Waals surface area contributed by atoms with Gasteiger partial charge in [-0.25, -0.2) is 0 Å². The van der Waals surface area contributed by atoms with Gasteiger partial charge in [0.15, 0.2) is 0 Å². The van der Waals surface area contributed by atoms with Crippen molar-refractivity contribution in [3.63, 3.8) is 0 Å². The molecule has 6 rings (SSSR count). The number of nitrogens with zero attached hydrogens (tertiary/aromatic N) is 2. The average molecular weight is 453 g/mol. The number of hydrogen-bond acceptors (Lipinski definition) is 6. The molecule has 0 amide bonds. The summed E-state index contributed by atoms with van der Waals surface area (Å²) in [7, 11) is 0. The predicted molar refractivity (Wildman–Crippen MR) is 134 cm³/mol. The zero-order valence-electron chi connectivity index (χ0n) is 18.6. The highest BCUT2D eigenvalue weighted by Crippen LogP contribution is 2.29. The van der Waals surface area contributed by atoms with Crippen LogP contribution < -0.4 is 9.47 Å². The summed E-state index contributed by atoms with van der Waals surface area (Å²) >= 11 is 0. The lowest BCUT2D eigenvalue weighted by atomic mass is 10.0. The molecular formula is C28H24N2O4. The summed E-state index contributed by atoms with van der Waals surface area (Å²) in [5.74, 6) is 1.54. The Hall–Kier alpha value is -3.74. The van der Waals surface area contributed by atoms with Crippen molar-refractivity contribution in [2.75, 3.05) is 26.4 Å². The summed E-state index contributed by atoms with van der Waals surface area (Å²) in [6.45, 7) is 2.57. The van der Waals surface area contributed by atoms with Crippen molar-refractivity contribution in [1.29, 1.82) is 0 Å². The molecule has 2 unspecified atom stereocenters. The summed E-state index contributed by atoms with van der Waals surface area (Å²) in [6, 6.07) is 24.4. The first kappa shape index (κ1) is 20.8. The Morgan fingerprint density at radius 1 is 0.647 bits per heavy atom. The Balaban J connectivity index is 1.31. The van der Waals surface area contributed by atoms with Crippen molar-refractivity contribution < 1.29 is 18.9 Å². The summed E-state index contributed by atoms with van der Waals surface area (Å²) in [5, 5.41) is 13.2. The molecular weight excluding hydrogens is 428 g/mol. The van der Waals surface area contributed by atoms with Crippen LogP contribution >= 0.6 is 0 Å². The van der Waals surface area contributed by atoms with Gasteiger partial charge >= 0.3 is 0 Å². The molecule has 0 spiro atoms. The maximum atomic E-state index is 6.02. The van der Waals surface area contributed by atoms with E-state index in [1.165, 1.54) is 0 Å². The largest absolute Gasteiger partial charge is 0.490 e. The SMILES string of the molecule is C(=NN=Cc1c(OCC2CO2)ccc2ccccc12)c1c(OCC2CO2)ccc2ccccc12. The minimum Gasteiger partial charge on any atom is -0.490 e. The fourth-order valence-electron chi connectivity index (χ4n) is 3.95. The summed E-state index contributed by atoms with van der Waals surface area (Å²) in [4.78, 5) is 0. The van der Waals surface area contributed by atoms with E-state index in [1.807, 2.05) is 36.4 Å². The van der Waals surface area contributed by atoms with Crippen LogP contribution in [0.2, 0.25) is 0 Å². The van der Waals surface area contributed by atoms with Gasteiger partial charge in [-0.3, -0.25) is 0 Å².